The van der Waals surface area contributed by atoms with Crippen LogP contribution in [0.1, 0.15) is 0 Å². The lowest BCUT2D eigenvalue weighted by molar-refractivity contribution is 1.07. The van der Waals surface area contributed by atoms with Crippen LogP contribution < -0.4 is 0 Å². The van der Waals surface area contributed by atoms with Crippen molar-refractivity contribution in [2.24, 2.45) is 0 Å². The molecule has 0 saturated carbocycles. The molecule has 0 saturated heterocycles. The van der Waals surface area contributed by atoms with Crippen LogP contribution >= 0.6 is 0 Å². The van der Waals surface area contributed by atoms with Gasteiger partial charge in [-0.1, -0.05) is 121 Å². The molecule has 0 spiro atoms. The Kier molecular flexibility index (Phi) is 7.42. The fourth-order valence-electron chi connectivity index (χ4n) is 8.15. The van der Waals surface area contributed by atoms with Gasteiger partial charge in [-0.3, -0.25) is 0 Å². The van der Waals surface area contributed by atoms with Gasteiger partial charge in [0.15, 0.2) is 17.5 Å². The van der Waals surface area contributed by atoms with E-state index in [-0.39, 0.29) is 0 Å². The molecule has 3 heterocycles. The van der Waals surface area contributed by atoms with Gasteiger partial charge in [0, 0.05) is 49.6 Å². The highest BCUT2D eigenvalue weighted by Crippen LogP contribution is 2.35. The van der Waals surface area contributed by atoms with Crippen LogP contribution in [0.2, 0.25) is 0 Å². The van der Waals surface area contributed by atoms with Crippen LogP contribution in [-0.2, 0) is 0 Å². The maximum atomic E-state index is 5.13. The summed E-state index contributed by atoms with van der Waals surface area (Å²) in [6.45, 7) is 0. The molecule has 0 aliphatic heterocycles. The van der Waals surface area contributed by atoms with Crippen LogP contribution in [0.4, 0.5) is 0 Å². The standard InChI is InChI=1S/C51H33N5/c1-2-13-34(14-3-1)37-15-12-16-38(33-37)51-53-49(35-25-29-39(30-26-35)55-45-21-8-4-17-41(45)42-18-5-9-22-46(42)55)52-50(54-51)36-27-31-40(32-28-36)56-47-23-10-6-19-43(47)44-20-7-11-24-48(44)56/h1-33H. The van der Waals surface area contributed by atoms with Gasteiger partial charge in [0.05, 0.1) is 22.1 Å². The minimum Gasteiger partial charge on any atom is -0.309 e. The predicted octanol–water partition coefficient (Wildman–Crippen LogP) is 12.7. The Morgan fingerprint density at radius 2 is 0.589 bits per heavy atom. The number of para-hydroxylation sites is 4. The largest absolute Gasteiger partial charge is 0.309 e. The van der Waals surface area contributed by atoms with Crippen molar-refractivity contribution in [3.05, 3.63) is 200 Å². The fraction of sp³-hybridized carbons (Fsp3) is 0. The fourth-order valence-corrected chi connectivity index (χ4v) is 8.15. The van der Waals surface area contributed by atoms with Crippen molar-refractivity contribution >= 4 is 43.6 Å². The van der Waals surface area contributed by atoms with Crippen molar-refractivity contribution in [1.29, 1.82) is 0 Å². The molecule has 0 unspecified atom stereocenters. The van der Waals surface area contributed by atoms with Crippen molar-refractivity contribution in [3.8, 4) is 56.7 Å². The Morgan fingerprint density at radius 3 is 1.02 bits per heavy atom. The SMILES string of the molecule is c1ccc(-c2cccc(-c3nc(-c4ccc(-n5c6ccccc6c6ccccc65)cc4)nc(-c4ccc(-n5c6ccccc6c6ccccc65)cc4)n3)c2)cc1. The van der Waals surface area contributed by atoms with E-state index in [9.17, 15) is 0 Å². The summed E-state index contributed by atoms with van der Waals surface area (Å²) in [6, 6.07) is 70.3. The number of rotatable bonds is 6. The lowest BCUT2D eigenvalue weighted by atomic mass is 10.0. The number of hydrogen-bond acceptors (Lipinski definition) is 3. The van der Waals surface area contributed by atoms with E-state index in [0.29, 0.717) is 17.5 Å². The van der Waals surface area contributed by atoms with Crippen LogP contribution in [0, 0.1) is 0 Å². The lowest BCUT2D eigenvalue weighted by Crippen LogP contribution is -2.01. The topological polar surface area (TPSA) is 48.5 Å². The first-order valence-corrected chi connectivity index (χ1v) is 18.9. The zero-order valence-electron chi connectivity index (χ0n) is 30.3. The highest BCUT2D eigenvalue weighted by molar-refractivity contribution is 6.10. The lowest BCUT2D eigenvalue weighted by Gasteiger charge is -2.12. The van der Waals surface area contributed by atoms with Crippen molar-refractivity contribution < 1.29 is 0 Å². The third kappa shape index (κ3) is 5.29. The number of hydrogen-bond donors (Lipinski definition) is 0. The molecule has 262 valence electrons. The van der Waals surface area contributed by atoms with Crippen LogP contribution in [0.15, 0.2) is 200 Å². The van der Waals surface area contributed by atoms with Gasteiger partial charge in [-0.05, 0) is 90.0 Å². The van der Waals surface area contributed by atoms with Crippen molar-refractivity contribution in [3.63, 3.8) is 0 Å². The van der Waals surface area contributed by atoms with Crippen molar-refractivity contribution in [1.82, 2.24) is 24.1 Å². The van der Waals surface area contributed by atoms with E-state index >= 15 is 0 Å². The first-order valence-electron chi connectivity index (χ1n) is 18.9. The Bertz CT molecular complexity index is 2950. The molecule has 0 atom stereocenters. The van der Waals surface area contributed by atoms with Gasteiger partial charge in [0.25, 0.3) is 0 Å². The first kappa shape index (κ1) is 31.9. The minimum absolute atomic E-state index is 0.621. The number of aromatic nitrogens is 5. The third-order valence-corrected chi connectivity index (χ3v) is 10.8. The molecule has 11 rings (SSSR count). The molecule has 0 fully saturated rings. The molecule has 56 heavy (non-hydrogen) atoms. The first-order chi connectivity index (χ1) is 27.8. The Morgan fingerprint density at radius 1 is 0.250 bits per heavy atom. The molecule has 0 bridgehead atoms. The van der Waals surface area contributed by atoms with Crippen LogP contribution in [0.5, 0.6) is 0 Å². The highest BCUT2D eigenvalue weighted by Gasteiger charge is 2.17. The molecular formula is C51H33N5. The summed E-state index contributed by atoms with van der Waals surface area (Å²) < 4.78 is 4.65. The van der Waals surface area contributed by atoms with Crippen LogP contribution in [0.25, 0.3) is 100 Å². The number of nitrogens with zero attached hydrogens (tertiary/aromatic N) is 5. The normalized spacial score (nSPS) is 11.6. The van der Waals surface area contributed by atoms with Gasteiger partial charge < -0.3 is 9.13 Å². The summed E-state index contributed by atoms with van der Waals surface area (Å²) in [5, 5.41) is 4.95. The van der Waals surface area contributed by atoms with Gasteiger partial charge in [-0.25, -0.2) is 15.0 Å². The molecule has 11 aromatic rings. The second-order valence-electron chi connectivity index (χ2n) is 14.1. The number of fused-ring (bicyclic) bond motifs is 6. The molecule has 5 nitrogen and oxygen atoms in total. The van der Waals surface area contributed by atoms with E-state index < -0.39 is 0 Å². The summed E-state index contributed by atoms with van der Waals surface area (Å²) in [5.74, 6) is 1.87. The van der Waals surface area contributed by atoms with E-state index in [1.165, 1.54) is 43.6 Å². The molecular weight excluding hydrogens is 683 g/mol. The average molecular weight is 716 g/mol. The zero-order chi connectivity index (χ0) is 37.0. The Hall–Kier alpha value is -7.63. The maximum Gasteiger partial charge on any atom is 0.164 e. The predicted molar refractivity (Wildman–Crippen MR) is 230 cm³/mol. The Labute approximate surface area is 323 Å². The summed E-state index contributed by atoms with van der Waals surface area (Å²) in [6.07, 6.45) is 0. The van der Waals surface area contributed by atoms with E-state index in [0.717, 1.165) is 39.2 Å². The molecule has 0 aliphatic carbocycles. The van der Waals surface area contributed by atoms with Gasteiger partial charge >= 0.3 is 0 Å². The van der Waals surface area contributed by atoms with Gasteiger partial charge in [0.2, 0.25) is 0 Å². The van der Waals surface area contributed by atoms with E-state index in [4.69, 9.17) is 15.0 Å². The molecule has 0 radical (unpaired) electrons. The zero-order valence-corrected chi connectivity index (χ0v) is 30.3. The summed E-state index contributed by atoms with van der Waals surface area (Å²) in [4.78, 5) is 15.4. The second-order valence-corrected chi connectivity index (χ2v) is 14.1. The smallest absolute Gasteiger partial charge is 0.164 e. The summed E-state index contributed by atoms with van der Waals surface area (Å²) in [5.41, 5.74) is 11.9. The monoisotopic (exact) mass is 715 g/mol. The highest BCUT2D eigenvalue weighted by atomic mass is 15.0. The van der Waals surface area contributed by atoms with E-state index in [2.05, 4.69) is 203 Å². The van der Waals surface area contributed by atoms with Crippen molar-refractivity contribution in [2.45, 2.75) is 0 Å². The van der Waals surface area contributed by atoms with Crippen molar-refractivity contribution in [2.75, 3.05) is 0 Å². The molecule has 3 aromatic heterocycles. The van der Waals surface area contributed by atoms with Gasteiger partial charge in [-0.2, -0.15) is 0 Å². The average Bonchev–Trinajstić information content (AvgIpc) is 3.80. The van der Waals surface area contributed by atoms with E-state index in [1.807, 2.05) is 6.07 Å². The van der Waals surface area contributed by atoms with Crippen LogP contribution in [-0.4, -0.2) is 24.1 Å². The molecule has 0 aliphatic rings. The maximum absolute atomic E-state index is 5.13. The molecule has 5 heteroatoms. The second kappa shape index (κ2) is 13.0. The van der Waals surface area contributed by atoms with Crippen LogP contribution in [0.3, 0.4) is 0 Å². The molecule has 8 aromatic carbocycles. The summed E-state index contributed by atoms with van der Waals surface area (Å²) in [7, 11) is 0. The number of benzene rings is 8. The molecule has 0 amide bonds. The quantitative estimate of drug-likeness (QED) is 0.172. The van der Waals surface area contributed by atoms with E-state index in [1.54, 1.807) is 0 Å². The minimum atomic E-state index is 0.621. The van der Waals surface area contributed by atoms with Gasteiger partial charge in [0.1, 0.15) is 0 Å². The molecule has 0 N–H and O–H groups in total. The Balaban J connectivity index is 1.03. The summed E-state index contributed by atoms with van der Waals surface area (Å²) >= 11 is 0. The van der Waals surface area contributed by atoms with Gasteiger partial charge in [-0.15, -0.1) is 0 Å². The third-order valence-electron chi connectivity index (χ3n) is 10.8.